The normalized spacial score (nSPS) is 21.0. The van der Waals surface area contributed by atoms with Crippen molar-refractivity contribution in [1.29, 1.82) is 0 Å². The highest BCUT2D eigenvalue weighted by Gasteiger charge is 2.18. The molecule has 1 fully saturated rings. The zero-order chi connectivity index (χ0) is 11.4. The number of hydrogen-bond acceptors (Lipinski definition) is 5. The fourth-order valence-corrected chi connectivity index (χ4v) is 2.91. The Kier molecular flexibility index (Phi) is 4.12. The number of anilines is 1. The van der Waals surface area contributed by atoms with E-state index >= 15 is 0 Å². The number of piperidine rings is 1. The van der Waals surface area contributed by atoms with Gasteiger partial charge in [0.1, 0.15) is 5.01 Å². The van der Waals surface area contributed by atoms with Gasteiger partial charge in [0.2, 0.25) is 5.13 Å². The molecular formula is C11H20N4S. The summed E-state index contributed by atoms with van der Waals surface area (Å²) in [4.78, 5) is 2.35. The summed E-state index contributed by atoms with van der Waals surface area (Å²) in [6.45, 7) is 8.66. The molecule has 0 spiro atoms. The van der Waals surface area contributed by atoms with E-state index in [1.807, 2.05) is 6.92 Å². The molecule has 0 aliphatic carbocycles. The second-order valence-corrected chi connectivity index (χ2v) is 5.51. The Labute approximate surface area is 101 Å². The topological polar surface area (TPSA) is 41.0 Å². The Morgan fingerprint density at radius 3 is 2.94 bits per heavy atom. The summed E-state index contributed by atoms with van der Waals surface area (Å²) < 4.78 is 0. The molecule has 4 nitrogen and oxygen atoms in total. The van der Waals surface area contributed by atoms with E-state index in [-0.39, 0.29) is 0 Å². The Hall–Kier alpha value is -0.680. The van der Waals surface area contributed by atoms with E-state index in [0.29, 0.717) is 0 Å². The third kappa shape index (κ3) is 2.92. The highest BCUT2D eigenvalue weighted by atomic mass is 32.1. The molecule has 1 aliphatic rings. The van der Waals surface area contributed by atoms with Crippen LogP contribution in [0.15, 0.2) is 0 Å². The van der Waals surface area contributed by atoms with Crippen LogP contribution in [0.3, 0.4) is 0 Å². The third-order valence-corrected chi connectivity index (χ3v) is 3.94. The van der Waals surface area contributed by atoms with Crippen LogP contribution in [0.25, 0.3) is 0 Å². The summed E-state index contributed by atoms with van der Waals surface area (Å²) in [6, 6.07) is 0. The molecule has 0 amide bonds. The van der Waals surface area contributed by atoms with Crippen molar-refractivity contribution in [1.82, 2.24) is 15.5 Å². The monoisotopic (exact) mass is 240 g/mol. The molecule has 1 aromatic heterocycles. The molecule has 2 heterocycles. The highest BCUT2D eigenvalue weighted by Crippen LogP contribution is 2.22. The molecule has 90 valence electrons. The Morgan fingerprint density at radius 2 is 2.38 bits per heavy atom. The van der Waals surface area contributed by atoms with Crippen molar-refractivity contribution in [2.45, 2.75) is 26.7 Å². The van der Waals surface area contributed by atoms with Crippen LogP contribution >= 0.6 is 11.3 Å². The molecule has 1 aromatic rings. The summed E-state index contributed by atoms with van der Waals surface area (Å²) in [5, 5.41) is 13.9. The zero-order valence-corrected chi connectivity index (χ0v) is 10.9. The smallest absolute Gasteiger partial charge is 0.208 e. The molecule has 2 rings (SSSR count). The molecule has 0 bridgehead atoms. The van der Waals surface area contributed by atoms with Gasteiger partial charge in [-0.3, -0.25) is 0 Å². The van der Waals surface area contributed by atoms with Crippen LogP contribution in [0, 0.1) is 12.8 Å². The minimum absolute atomic E-state index is 0.762. The van der Waals surface area contributed by atoms with E-state index in [2.05, 4.69) is 27.3 Å². The molecule has 1 aliphatic heterocycles. The zero-order valence-electron chi connectivity index (χ0n) is 10.1. The maximum atomic E-state index is 4.23. The van der Waals surface area contributed by atoms with Gasteiger partial charge in [-0.2, -0.15) is 0 Å². The Morgan fingerprint density at radius 1 is 1.50 bits per heavy atom. The highest BCUT2D eigenvalue weighted by molar-refractivity contribution is 7.15. The van der Waals surface area contributed by atoms with E-state index < -0.39 is 0 Å². The van der Waals surface area contributed by atoms with Crippen LogP contribution in [0.5, 0.6) is 0 Å². The first-order valence-corrected chi connectivity index (χ1v) is 6.87. The van der Waals surface area contributed by atoms with Crippen molar-refractivity contribution in [2.24, 2.45) is 5.92 Å². The predicted octanol–water partition coefficient (Wildman–Crippen LogP) is 1.67. The molecule has 1 N–H and O–H groups in total. The lowest BCUT2D eigenvalue weighted by Gasteiger charge is -2.28. The van der Waals surface area contributed by atoms with Crippen LogP contribution in [-0.2, 0) is 0 Å². The molecule has 1 unspecified atom stereocenters. The van der Waals surface area contributed by atoms with Crippen molar-refractivity contribution < 1.29 is 0 Å². The first-order chi connectivity index (χ1) is 7.79. The number of nitrogens with one attached hydrogen (secondary N) is 1. The molecule has 16 heavy (non-hydrogen) atoms. The summed E-state index contributed by atoms with van der Waals surface area (Å²) in [5.41, 5.74) is 0. The first-order valence-electron chi connectivity index (χ1n) is 6.05. The second-order valence-electron chi connectivity index (χ2n) is 4.35. The molecule has 0 aromatic carbocycles. The maximum absolute atomic E-state index is 4.23. The van der Waals surface area contributed by atoms with Crippen LogP contribution in [0.4, 0.5) is 5.13 Å². The number of nitrogens with zero attached hydrogens (tertiary/aromatic N) is 3. The van der Waals surface area contributed by atoms with Gasteiger partial charge in [0, 0.05) is 13.1 Å². The maximum Gasteiger partial charge on any atom is 0.208 e. The van der Waals surface area contributed by atoms with Gasteiger partial charge >= 0.3 is 0 Å². The molecule has 5 heteroatoms. The lowest BCUT2D eigenvalue weighted by Crippen LogP contribution is -2.38. The largest absolute Gasteiger partial charge is 0.347 e. The Bertz CT molecular complexity index is 320. The summed E-state index contributed by atoms with van der Waals surface area (Å²) >= 11 is 1.69. The average molecular weight is 240 g/mol. The van der Waals surface area contributed by atoms with Gasteiger partial charge in [0.25, 0.3) is 0 Å². The summed E-state index contributed by atoms with van der Waals surface area (Å²) in [5.74, 6) is 0.762. The molecule has 1 atom stereocenters. The minimum atomic E-state index is 0.762. The molecular weight excluding hydrogens is 220 g/mol. The first kappa shape index (κ1) is 11.8. The van der Waals surface area contributed by atoms with E-state index in [4.69, 9.17) is 0 Å². The Balaban J connectivity index is 1.94. The van der Waals surface area contributed by atoms with Crippen LogP contribution in [0.2, 0.25) is 0 Å². The van der Waals surface area contributed by atoms with Crippen LogP contribution in [-0.4, -0.2) is 36.4 Å². The molecule has 1 saturated heterocycles. The van der Waals surface area contributed by atoms with Gasteiger partial charge in [-0.05, 0) is 45.7 Å². The van der Waals surface area contributed by atoms with E-state index in [9.17, 15) is 0 Å². The van der Waals surface area contributed by atoms with Crippen molar-refractivity contribution >= 4 is 16.5 Å². The van der Waals surface area contributed by atoms with Crippen molar-refractivity contribution in [3.05, 3.63) is 5.01 Å². The number of aromatic nitrogens is 2. The van der Waals surface area contributed by atoms with Gasteiger partial charge in [0.15, 0.2) is 0 Å². The average Bonchev–Trinajstić information content (AvgIpc) is 2.74. The van der Waals surface area contributed by atoms with E-state index in [0.717, 1.165) is 35.7 Å². The number of rotatable bonds is 4. The standard InChI is InChI=1S/C11H20N4S/c1-3-15(11-14-13-9(2)16-11)8-10-5-4-6-12-7-10/h10,12H,3-8H2,1-2H3. The van der Waals surface area contributed by atoms with Gasteiger partial charge in [-0.15, -0.1) is 10.2 Å². The quantitative estimate of drug-likeness (QED) is 0.869. The summed E-state index contributed by atoms with van der Waals surface area (Å²) in [6.07, 6.45) is 2.64. The fourth-order valence-electron chi connectivity index (χ4n) is 2.15. The van der Waals surface area contributed by atoms with Gasteiger partial charge in [-0.25, -0.2) is 0 Å². The lowest BCUT2D eigenvalue weighted by atomic mass is 9.99. The summed E-state index contributed by atoms with van der Waals surface area (Å²) in [7, 11) is 0. The molecule has 0 radical (unpaired) electrons. The van der Waals surface area contributed by atoms with E-state index in [1.54, 1.807) is 11.3 Å². The lowest BCUT2D eigenvalue weighted by molar-refractivity contribution is 0.378. The van der Waals surface area contributed by atoms with Crippen molar-refractivity contribution in [2.75, 3.05) is 31.1 Å². The fraction of sp³-hybridized carbons (Fsp3) is 0.818. The minimum Gasteiger partial charge on any atom is -0.347 e. The van der Waals surface area contributed by atoms with Gasteiger partial charge in [0.05, 0.1) is 0 Å². The van der Waals surface area contributed by atoms with E-state index in [1.165, 1.54) is 19.4 Å². The van der Waals surface area contributed by atoms with Gasteiger partial charge in [-0.1, -0.05) is 11.3 Å². The van der Waals surface area contributed by atoms with Crippen LogP contribution < -0.4 is 10.2 Å². The SMILES string of the molecule is CCN(CC1CCCNC1)c1nnc(C)s1. The van der Waals surface area contributed by atoms with Crippen molar-refractivity contribution in [3.8, 4) is 0 Å². The molecule has 0 saturated carbocycles. The van der Waals surface area contributed by atoms with Crippen LogP contribution in [0.1, 0.15) is 24.8 Å². The second kappa shape index (κ2) is 5.59. The number of hydrogen-bond donors (Lipinski definition) is 1. The van der Waals surface area contributed by atoms with Crippen molar-refractivity contribution in [3.63, 3.8) is 0 Å². The third-order valence-electron chi connectivity index (χ3n) is 3.05. The van der Waals surface area contributed by atoms with Gasteiger partial charge < -0.3 is 10.2 Å². The number of aryl methyl sites for hydroxylation is 1. The predicted molar refractivity (Wildman–Crippen MR) is 68.1 cm³/mol.